The molecular weight excluding hydrogens is 266 g/mol. The highest BCUT2D eigenvalue weighted by Crippen LogP contribution is 2.31. The smallest absolute Gasteiger partial charge is 0.158 e. The number of para-hydroxylation sites is 1. The minimum Gasteiger partial charge on any atom is -0.393 e. The molecule has 1 heterocycles. The highest BCUT2D eigenvalue weighted by atomic mass is 35.5. The Kier molecular flexibility index (Phi) is 3.31. The lowest BCUT2D eigenvalue weighted by Gasteiger charge is -2.10. The molecule has 2 aromatic rings. The van der Waals surface area contributed by atoms with Gasteiger partial charge < -0.3 is 11.1 Å². The van der Waals surface area contributed by atoms with Crippen molar-refractivity contribution < 1.29 is 4.39 Å². The van der Waals surface area contributed by atoms with Crippen LogP contribution < -0.4 is 11.1 Å². The molecule has 88 valence electrons. The molecule has 0 atom stereocenters. The highest BCUT2D eigenvalue weighted by Gasteiger charge is 2.11. The van der Waals surface area contributed by atoms with E-state index < -0.39 is 5.82 Å². The average molecular weight is 273 g/mol. The highest BCUT2D eigenvalue weighted by molar-refractivity contribution is 6.33. The van der Waals surface area contributed by atoms with E-state index in [-0.39, 0.29) is 27.4 Å². The Morgan fingerprint density at radius 2 is 2.00 bits per heavy atom. The van der Waals surface area contributed by atoms with Crippen molar-refractivity contribution in [3.05, 3.63) is 40.5 Å². The van der Waals surface area contributed by atoms with E-state index in [0.29, 0.717) is 0 Å². The summed E-state index contributed by atoms with van der Waals surface area (Å²) < 4.78 is 13.5. The number of nitrogens with zero attached hydrogens (tertiary/aromatic N) is 2. The van der Waals surface area contributed by atoms with Crippen LogP contribution in [0, 0.1) is 5.82 Å². The zero-order chi connectivity index (χ0) is 12.4. The van der Waals surface area contributed by atoms with E-state index in [1.54, 1.807) is 6.07 Å². The molecule has 0 saturated heterocycles. The van der Waals surface area contributed by atoms with Gasteiger partial charge in [0.2, 0.25) is 0 Å². The largest absolute Gasteiger partial charge is 0.393 e. The number of rotatable bonds is 2. The predicted octanol–water partition coefficient (Wildman–Crippen LogP) is 3.25. The molecule has 0 fully saturated rings. The summed E-state index contributed by atoms with van der Waals surface area (Å²) in [6, 6.07) is 4.32. The fourth-order valence-corrected chi connectivity index (χ4v) is 1.55. The molecule has 0 unspecified atom stereocenters. The predicted molar refractivity (Wildman–Crippen MR) is 66.1 cm³/mol. The van der Waals surface area contributed by atoms with Gasteiger partial charge in [0.25, 0.3) is 0 Å². The molecule has 4 nitrogen and oxygen atoms in total. The summed E-state index contributed by atoms with van der Waals surface area (Å²) in [6.45, 7) is 0. The van der Waals surface area contributed by atoms with Gasteiger partial charge in [-0.2, -0.15) is 0 Å². The maximum atomic E-state index is 13.5. The number of nitrogen functional groups attached to an aromatic ring is 1. The van der Waals surface area contributed by atoms with Gasteiger partial charge in [-0.3, -0.25) is 0 Å². The second-order valence-electron chi connectivity index (χ2n) is 3.15. The summed E-state index contributed by atoms with van der Waals surface area (Å²) >= 11 is 11.6. The first-order valence-electron chi connectivity index (χ1n) is 4.56. The molecule has 0 spiro atoms. The van der Waals surface area contributed by atoms with E-state index >= 15 is 0 Å². The maximum absolute atomic E-state index is 13.5. The number of nitrogens with two attached hydrogens (primary N) is 1. The van der Waals surface area contributed by atoms with Crippen LogP contribution in [0.15, 0.2) is 24.5 Å². The lowest BCUT2D eigenvalue weighted by molar-refractivity contribution is 0.632. The SMILES string of the molecule is Nc1c(Cl)ncnc1Nc1c(F)cccc1Cl. The van der Waals surface area contributed by atoms with Crippen LogP contribution in [0.25, 0.3) is 0 Å². The monoisotopic (exact) mass is 272 g/mol. The van der Waals surface area contributed by atoms with Crippen LogP contribution in [0.3, 0.4) is 0 Å². The minimum atomic E-state index is -0.508. The van der Waals surface area contributed by atoms with Gasteiger partial charge in [-0.05, 0) is 12.1 Å². The van der Waals surface area contributed by atoms with Crippen molar-refractivity contribution in [1.29, 1.82) is 0 Å². The summed E-state index contributed by atoms with van der Waals surface area (Å²) in [5, 5.41) is 3.00. The Hall–Kier alpha value is -1.59. The minimum absolute atomic E-state index is 0.0926. The van der Waals surface area contributed by atoms with E-state index in [0.717, 1.165) is 0 Å². The van der Waals surface area contributed by atoms with Gasteiger partial charge in [-0.1, -0.05) is 29.3 Å². The standard InChI is InChI=1S/C10H7Cl2FN4/c11-5-2-1-3-6(13)8(5)17-10-7(14)9(12)15-4-16-10/h1-4H,14H2,(H,15,16,17). The number of anilines is 3. The fourth-order valence-electron chi connectivity index (χ4n) is 1.21. The van der Waals surface area contributed by atoms with Gasteiger partial charge in [0.15, 0.2) is 11.0 Å². The molecule has 0 aliphatic rings. The molecule has 0 radical (unpaired) electrons. The first-order valence-corrected chi connectivity index (χ1v) is 5.32. The van der Waals surface area contributed by atoms with Crippen LogP contribution in [-0.4, -0.2) is 9.97 Å². The molecule has 0 aliphatic carbocycles. The van der Waals surface area contributed by atoms with Gasteiger partial charge in [0, 0.05) is 0 Å². The summed E-state index contributed by atoms with van der Waals surface area (Å²) in [5.74, 6) is -0.302. The summed E-state index contributed by atoms with van der Waals surface area (Å²) in [4.78, 5) is 7.55. The number of nitrogens with one attached hydrogen (secondary N) is 1. The van der Waals surface area contributed by atoms with Crippen LogP contribution in [0.4, 0.5) is 21.6 Å². The molecule has 0 saturated carbocycles. The Bertz CT molecular complexity index is 542. The normalized spacial score (nSPS) is 10.3. The van der Waals surface area contributed by atoms with Gasteiger partial charge in [-0.25, -0.2) is 14.4 Å². The lowest BCUT2D eigenvalue weighted by Crippen LogP contribution is -2.02. The average Bonchev–Trinajstić information content (AvgIpc) is 2.29. The molecule has 0 aliphatic heterocycles. The quantitative estimate of drug-likeness (QED) is 0.824. The second-order valence-corrected chi connectivity index (χ2v) is 3.91. The van der Waals surface area contributed by atoms with Crippen molar-refractivity contribution >= 4 is 40.4 Å². The van der Waals surface area contributed by atoms with E-state index in [1.165, 1.54) is 18.5 Å². The number of hydrogen-bond acceptors (Lipinski definition) is 4. The van der Waals surface area contributed by atoms with Crippen molar-refractivity contribution in [3.8, 4) is 0 Å². The first kappa shape index (κ1) is 11.9. The van der Waals surface area contributed by atoms with Crippen molar-refractivity contribution in [2.45, 2.75) is 0 Å². The molecule has 7 heteroatoms. The van der Waals surface area contributed by atoms with Crippen molar-refractivity contribution in [3.63, 3.8) is 0 Å². The zero-order valence-corrected chi connectivity index (χ0v) is 9.93. The van der Waals surface area contributed by atoms with Crippen LogP contribution >= 0.6 is 23.2 Å². The first-order chi connectivity index (χ1) is 8.09. The number of aromatic nitrogens is 2. The van der Waals surface area contributed by atoms with E-state index in [1.807, 2.05) is 0 Å². The number of halogens is 3. The summed E-state index contributed by atoms with van der Waals surface area (Å²) in [6.07, 6.45) is 1.22. The maximum Gasteiger partial charge on any atom is 0.158 e. The molecule has 1 aromatic heterocycles. The molecule has 3 N–H and O–H groups in total. The van der Waals surface area contributed by atoms with Crippen LogP contribution in [-0.2, 0) is 0 Å². The number of benzene rings is 1. The third-order valence-corrected chi connectivity index (χ3v) is 2.66. The Morgan fingerprint density at radius 1 is 1.24 bits per heavy atom. The Morgan fingerprint density at radius 3 is 2.71 bits per heavy atom. The summed E-state index contributed by atoms with van der Waals surface area (Å²) in [5.41, 5.74) is 5.87. The van der Waals surface area contributed by atoms with Crippen molar-refractivity contribution in [2.75, 3.05) is 11.1 Å². The van der Waals surface area contributed by atoms with Gasteiger partial charge in [0.05, 0.1) is 10.7 Å². The van der Waals surface area contributed by atoms with Gasteiger partial charge in [-0.15, -0.1) is 0 Å². The summed E-state index contributed by atoms with van der Waals surface area (Å²) in [7, 11) is 0. The van der Waals surface area contributed by atoms with E-state index in [9.17, 15) is 4.39 Å². The third-order valence-electron chi connectivity index (χ3n) is 2.04. The number of hydrogen-bond donors (Lipinski definition) is 2. The zero-order valence-electron chi connectivity index (χ0n) is 8.42. The van der Waals surface area contributed by atoms with Crippen LogP contribution in [0.1, 0.15) is 0 Å². The van der Waals surface area contributed by atoms with Gasteiger partial charge in [0.1, 0.15) is 17.8 Å². The van der Waals surface area contributed by atoms with Crippen molar-refractivity contribution in [1.82, 2.24) is 9.97 Å². The lowest BCUT2D eigenvalue weighted by atomic mass is 10.3. The third kappa shape index (κ3) is 2.40. The second kappa shape index (κ2) is 4.73. The van der Waals surface area contributed by atoms with Crippen molar-refractivity contribution in [2.24, 2.45) is 0 Å². The fraction of sp³-hybridized carbons (Fsp3) is 0. The van der Waals surface area contributed by atoms with Gasteiger partial charge >= 0.3 is 0 Å². The molecule has 2 rings (SSSR count). The van der Waals surface area contributed by atoms with Crippen LogP contribution in [0.2, 0.25) is 10.2 Å². The van der Waals surface area contributed by atoms with E-state index in [4.69, 9.17) is 28.9 Å². The molecule has 17 heavy (non-hydrogen) atoms. The topological polar surface area (TPSA) is 63.8 Å². The molecular formula is C10H7Cl2FN4. The Labute approximate surface area is 107 Å². The molecule has 0 bridgehead atoms. The molecule has 1 aromatic carbocycles. The van der Waals surface area contributed by atoms with Crippen LogP contribution in [0.5, 0.6) is 0 Å². The van der Waals surface area contributed by atoms with E-state index in [2.05, 4.69) is 15.3 Å². The Balaban J connectivity index is 2.42. The molecule has 0 amide bonds.